The zero-order chi connectivity index (χ0) is 19.4. The van der Waals surface area contributed by atoms with Gasteiger partial charge in [-0.05, 0) is 17.7 Å². The molecule has 0 aliphatic carbocycles. The van der Waals surface area contributed by atoms with Gasteiger partial charge in [-0.25, -0.2) is 8.42 Å². The van der Waals surface area contributed by atoms with Crippen molar-refractivity contribution in [1.29, 1.82) is 0 Å². The van der Waals surface area contributed by atoms with E-state index in [1.807, 2.05) is 0 Å². The van der Waals surface area contributed by atoms with Crippen LogP contribution in [0, 0.1) is 10.1 Å². The van der Waals surface area contributed by atoms with Gasteiger partial charge in [-0.2, -0.15) is 4.31 Å². The van der Waals surface area contributed by atoms with E-state index in [1.54, 1.807) is 47.4 Å². The summed E-state index contributed by atoms with van der Waals surface area (Å²) >= 11 is 0. The molecule has 0 saturated carbocycles. The number of benzene rings is 2. The Hall–Kier alpha value is -2.78. The molecule has 1 heterocycles. The number of rotatable bonds is 5. The highest BCUT2D eigenvalue weighted by molar-refractivity contribution is 7.89. The minimum atomic E-state index is -3.55. The highest BCUT2D eigenvalue weighted by atomic mass is 32.2. The van der Waals surface area contributed by atoms with Crippen molar-refractivity contribution in [2.24, 2.45) is 0 Å². The second-order valence-electron chi connectivity index (χ2n) is 6.20. The van der Waals surface area contributed by atoms with Gasteiger partial charge in [0.15, 0.2) is 0 Å². The fourth-order valence-corrected chi connectivity index (χ4v) is 4.38. The molecular formula is C18H19N3O5S. The van der Waals surface area contributed by atoms with Gasteiger partial charge in [0.2, 0.25) is 15.9 Å². The van der Waals surface area contributed by atoms with E-state index >= 15 is 0 Å². The van der Waals surface area contributed by atoms with Crippen molar-refractivity contribution in [2.45, 2.75) is 11.3 Å². The molecule has 8 nitrogen and oxygen atoms in total. The minimum absolute atomic E-state index is 0.0223. The highest BCUT2D eigenvalue weighted by Gasteiger charge is 2.29. The standard InChI is InChI=1S/C18H19N3O5S/c22-18(14-15-6-8-16(9-7-15)21(23)24)19-10-12-20(13-11-19)27(25,26)17-4-2-1-3-5-17/h1-9H,10-14H2. The van der Waals surface area contributed by atoms with Crippen LogP contribution in [0.2, 0.25) is 0 Å². The predicted molar refractivity (Wildman–Crippen MR) is 98.6 cm³/mol. The first-order chi connectivity index (χ1) is 12.9. The van der Waals surface area contributed by atoms with Gasteiger partial charge < -0.3 is 4.90 Å². The van der Waals surface area contributed by atoms with Crippen LogP contribution in [0.5, 0.6) is 0 Å². The van der Waals surface area contributed by atoms with E-state index in [0.717, 1.165) is 0 Å². The lowest BCUT2D eigenvalue weighted by Gasteiger charge is -2.34. The summed E-state index contributed by atoms with van der Waals surface area (Å²) in [5.74, 6) is -0.124. The second kappa shape index (κ2) is 7.85. The lowest BCUT2D eigenvalue weighted by atomic mass is 10.1. The van der Waals surface area contributed by atoms with Gasteiger partial charge in [-0.15, -0.1) is 0 Å². The van der Waals surface area contributed by atoms with E-state index in [4.69, 9.17) is 0 Å². The van der Waals surface area contributed by atoms with E-state index in [2.05, 4.69) is 0 Å². The summed E-state index contributed by atoms with van der Waals surface area (Å²) in [4.78, 5) is 24.5. The fraction of sp³-hybridized carbons (Fsp3) is 0.278. The maximum absolute atomic E-state index is 12.6. The van der Waals surface area contributed by atoms with Crippen molar-refractivity contribution in [1.82, 2.24) is 9.21 Å². The molecule has 0 radical (unpaired) electrons. The van der Waals surface area contributed by atoms with Crippen molar-refractivity contribution in [3.63, 3.8) is 0 Å². The molecule has 3 rings (SSSR count). The van der Waals surface area contributed by atoms with E-state index in [-0.39, 0.29) is 36.0 Å². The van der Waals surface area contributed by atoms with Crippen molar-refractivity contribution in [3.05, 3.63) is 70.3 Å². The third-order valence-corrected chi connectivity index (χ3v) is 6.39. The molecule has 1 amide bonds. The molecule has 2 aromatic rings. The summed E-state index contributed by atoms with van der Waals surface area (Å²) in [6.07, 6.45) is 0.128. The first-order valence-electron chi connectivity index (χ1n) is 8.44. The highest BCUT2D eigenvalue weighted by Crippen LogP contribution is 2.18. The number of non-ortho nitro benzene ring substituents is 1. The number of carbonyl (C=O) groups excluding carboxylic acids is 1. The summed E-state index contributed by atoms with van der Waals surface area (Å²) in [7, 11) is -3.55. The molecule has 142 valence electrons. The van der Waals surface area contributed by atoms with E-state index < -0.39 is 14.9 Å². The Balaban J connectivity index is 1.58. The van der Waals surface area contributed by atoms with Crippen molar-refractivity contribution in [2.75, 3.05) is 26.2 Å². The number of hydrogen-bond donors (Lipinski definition) is 0. The molecule has 1 aliphatic heterocycles. The Labute approximate surface area is 157 Å². The molecule has 0 spiro atoms. The van der Waals surface area contributed by atoms with Crippen molar-refractivity contribution < 1.29 is 18.1 Å². The Kier molecular flexibility index (Phi) is 5.52. The molecule has 1 aliphatic rings. The fourth-order valence-electron chi connectivity index (χ4n) is 2.94. The van der Waals surface area contributed by atoms with Crippen LogP contribution in [0.1, 0.15) is 5.56 Å². The van der Waals surface area contributed by atoms with Crippen molar-refractivity contribution >= 4 is 21.6 Å². The van der Waals surface area contributed by atoms with Crippen LogP contribution in [0.3, 0.4) is 0 Å². The first-order valence-corrected chi connectivity index (χ1v) is 9.88. The van der Waals surface area contributed by atoms with Gasteiger partial charge in [-0.3, -0.25) is 14.9 Å². The van der Waals surface area contributed by atoms with Crippen LogP contribution in [0.15, 0.2) is 59.5 Å². The molecule has 9 heteroatoms. The topological polar surface area (TPSA) is 101 Å². The lowest BCUT2D eigenvalue weighted by molar-refractivity contribution is -0.384. The maximum atomic E-state index is 12.6. The molecule has 27 heavy (non-hydrogen) atoms. The quantitative estimate of drug-likeness (QED) is 0.572. The summed E-state index contributed by atoms with van der Waals surface area (Å²) in [5, 5.41) is 10.7. The molecule has 0 bridgehead atoms. The molecule has 1 saturated heterocycles. The van der Waals surface area contributed by atoms with Crippen LogP contribution >= 0.6 is 0 Å². The predicted octanol–water partition coefficient (Wildman–Crippen LogP) is 1.67. The zero-order valence-corrected chi connectivity index (χ0v) is 15.3. The largest absolute Gasteiger partial charge is 0.340 e. The first kappa shape index (κ1) is 19.0. The summed E-state index contributed by atoms with van der Waals surface area (Å²) in [6.45, 7) is 1.11. The van der Waals surface area contributed by atoms with Crippen molar-refractivity contribution in [3.8, 4) is 0 Å². The Bertz CT molecular complexity index is 921. The molecule has 0 unspecified atom stereocenters. The summed E-state index contributed by atoms with van der Waals surface area (Å²) < 4.78 is 26.6. The normalized spacial score (nSPS) is 15.5. The van der Waals surface area contributed by atoms with E-state index in [1.165, 1.54) is 16.4 Å². The van der Waals surface area contributed by atoms with Crippen LogP contribution < -0.4 is 0 Å². The van der Waals surface area contributed by atoms with Crippen LogP contribution in [-0.2, 0) is 21.2 Å². The summed E-state index contributed by atoms with van der Waals surface area (Å²) in [6, 6.07) is 14.1. The molecular weight excluding hydrogens is 370 g/mol. The number of nitro benzene ring substituents is 1. The SMILES string of the molecule is O=C(Cc1ccc([N+](=O)[O-])cc1)N1CCN(S(=O)(=O)c2ccccc2)CC1. The molecule has 1 fully saturated rings. The van der Waals surface area contributed by atoms with Crippen LogP contribution in [-0.4, -0.2) is 54.6 Å². The zero-order valence-electron chi connectivity index (χ0n) is 14.5. The molecule has 0 aromatic heterocycles. The smallest absolute Gasteiger partial charge is 0.269 e. The third-order valence-electron chi connectivity index (χ3n) is 4.47. The molecule has 0 N–H and O–H groups in total. The Morgan fingerprint density at radius 3 is 2.11 bits per heavy atom. The van der Waals surface area contributed by atoms with Gasteiger partial charge in [0.1, 0.15) is 0 Å². The average Bonchev–Trinajstić information content (AvgIpc) is 2.69. The van der Waals surface area contributed by atoms with Crippen LogP contribution in [0.25, 0.3) is 0 Å². The summed E-state index contributed by atoms with van der Waals surface area (Å²) in [5.41, 5.74) is 0.663. The average molecular weight is 389 g/mol. The number of piperazine rings is 1. The van der Waals surface area contributed by atoms with Gasteiger partial charge in [-0.1, -0.05) is 30.3 Å². The number of sulfonamides is 1. The number of carbonyl (C=O) groups is 1. The maximum Gasteiger partial charge on any atom is 0.269 e. The van der Waals surface area contributed by atoms with Gasteiger partial charge in [0, 0.05) is 38.3 Å². The minimum Gasteiger partial charge on any atom is -0.340 e. The van der Waals surface area contributed by atoms with E-state index in [9.17, 15) is 23.3 Å². The van der Waals surface area contributed by atoms with Gasteiger partial charge in [0.25, 0.3) is 5.69 Å². The molecule has 2 aromatic carbocycles. The van der Waals surface area contributed by atoms with Gasteiger partial charge in [0.05, 0.1) is 16.2 Å². The number of hydrogen-bond acceptors (Lipinski definition) is 5. The Morgan fingerprint density at radius 2 is 1.56 bits per heavy atom. The number of nitro groups is 1. The monoisotopic (exact) mass is 389 g/mol. The second-order valence-corrected chi connectivity index (χ2v) is 8.14. The molecule has 0 atom stereocenters. The number of nitrogens with zero attached hydrogens (tertiary/aromatic N) is 3. The lowest BCUT2D eigenvalue weighted by Crippen LogP contribution is -2.50. The van der Waals surface area contributed by atoms with E-state index in [0.29, 0.717) is 18.7 Å². The third kappa shape index (κ3) is 4.32. The van der Waals surface area contributed by atoms with Crippen LogP contribution in [0.4, 0.5) is 5.69 Å². The van der Waals surface area contributed by atoms with Gasteiger partial charge >= 0.3 is 0 Å². The number of amides is 1. The Morgan fingerprint density at radius 1 is 0.963 bits per heavy atom.